The van der Waals surface area contributed by atoms with Gasteiger partial charge in [-0.1, -0.05) is 0 Å². The van der Waals surface area contributed by atoms with Gasteiger partial charge in [-0.25, -0.2) is 9.59 Å². The fourth-order valence-electron chi connectivity index (χ4n) is 0.518. The standard InChI is InChI=1S/C7H12O7/c8-1-6(11)13-3-5(10)4-14-7(12)2-9/h5,8-10H,1-4H2. The number of carbonyl (C=O) groups is 2. The van der Waals surface area contributed by atoms with Crippen LogP contribution in [0.5, 0.6) is 0 Å². The molecule has 0 rings (SSSR count). The quantitative estimate of drug-likeness (QED) is 0.411. The average molecular weight is 208 g/mol. The van der Waals surface area contributed by atoms with Gasteiger partial charge in [0.2, 0.25) is 0 Å². The van der Waals surface area contributed by atoms with Crippen molar-refractivity contribution in [2.45, 2.75) is 6.10 Å². The van der Waals surface area contributed by atoms with E-state index in [1.54, 1.807) is 0 Å². The maximum absolute atomic E-state index is 10.4. The number of ether oxygens (including phenoxy) is 2. The van der Waals surface area contributed by atoms with Gasteiger partial charge in [0.15, 0.2) is 0 Å². The molecule has 0 saturated heterocycles. The largest absolute Gasteiger partial charge is 0.461 e. The van der Waals surface area contributed by atoms with Crippen LogP contribution in [-0.4, -0.2) is 59.8 Å². The van der Waals surface area contributed by atoms with Crippen LogP contribution < -0.4 is 0 Å². The molecule has 0 saturated carbocycles. The molecular weight excluding hydrogens is 196 g/mol. The summed E-state index contributed by atoms with van der Waals surface area (Å²) in [5, 5.41) is 25.5. The van der Waals surface area contributed by atoms with Gasteiger partial charge in [-0.2, -0.15) is 0 Å². The van der Waals surface area contributed by atoms with E-state index in [4.69, 9.17) is 15.3 Å². The third-order valence-corrected chi connectivity index (χ3v) is 1.13. The van der Waals surface area contributed by atoms with E-state index < -0.39 is 31.3 Å². The van der Waals surface area contributed by atoms with Crippen LogP contribution >= 0.6 is 0 Å². The summed E-state index contributed by atoms with van der Waals surface area (Å²) in [4.78, 5) is 20.8. The van der Waals surface area contributed by atoms with Crippen LogP contribution in [0.1, 0.15) is 0 Å². The molecule has 0 bridgehead atoms. The summed E-state index contributed by atoms with van der Waals surface area (Å²) >= 11 is 0. The van der Waals surface area contributed by atoms with Crippen molar-refractivity contribution in [2.24, 2.45) is 0 Å². The summed E-state index contributed by atoms with van der Waals surface area (Å²) in [5.74, 6) is -1.75. The summed E-state index contributed by atoms with van der Waals surface area (Å²) in [6.45, 7) is -2.30. The van der Waals surface area contributed by atoms with E-state index in [-0.39, 0.29) is 13.2 Å². The molecule has 0 fully saturated rings. The maximum Gasteiger partial charge on any atom is 0.331 e. The first kappa shape index (κ1) is 12.8. The molecule has 0 aromatic rings. The second-order valence-corrected chi connectivity index (χ2v) is 2.34. The van der Waals surface area contributed by atoms with Gasteiger partial charge in [0.05, 0.1) is 0 Å². The summed E-state index contributed by atoms with van der Waals surface area (Å²) in [7, 11) is 0. The lowest BCUT2D eigenvalue weighted by atomic mass is 10.4. The molecule has 7 heteroatoms. The Bertz CT molecular complexity index is 170. The van der Waals surface area contributed by atoms with Crippen LogP contribution in [0.3, 0.4) is 0 Å². The fraction of sp³-hybridized carbons (Fsp3) is 0.714. The predicted octanol–water partition coefficient (Wildman–Crippen LogP) is -2.58. The Hall–Kier alpha value is -1.18. The molecule has 82 valence electrons. The third kappa shape index (κ3) is 6.35. The first-order valence-electron chi connectivity index (χ1n) is 3.81. The topological polar surface area (TPSA) is 113 Å². The molecule has 0 unspecified atom stereocenters. The number of aliphatic hydroxyl groups is 3. The fourth-order valence-corrected chi connectivity index (χ4v) is 0.518. The van der Waals surface area contributed by atoms with Crippen molar-refractivity contribution in [1.82, 2.24) is 0 Å². The number of rotatable bonds is 6. The highest BCUT2D eigenvalue weighted by Crippen LogP contribution is 1.89. The van der Waals surface area contributed by atoms with Crippen LogP contribution in [0.2, 0.25) is 0 Å². The van der Waals surface area contributed by atoms with Crippen LogP contribution in [0.25, 0.3) is 0 Å². The number of esters is 2. The summed E-state index contributed by atoms with van der Waals surface area (Å²) < 4.78 is 8.65. The number of carbonyl (C=O) groups excluding carboxylic acids is 2. The molecule has 0 aliphatic rings. The van der Waals surface area contributed by atoms with E-state index in [0.717, 1.165) is 0 Å². The SMILES string of the molecule is O=C(CO)OCC(O)COC(=O)CO. The zero-order chi connectivity index (χ0) is 11.0. The second kappa shape index (κ2) is 7.25. The van der Waals surface area contributed by atoms with Gasteiger partial charge >= 0.3 is 11.9 Å². The van der Waals surface area contributed by atoms with E-state index in [2.05, 4.69) is 9.47 Å². The normalized spacial score (nSPS) is 10.0. The van der Waals surface area contributed by atoms with Crippen molar-refractivity contribution in [2.75, 3.05) is 26.4 Å². The molecule has 0 amide bonds. The number of aliphatic hydroxyl groups excluding tert-OH is 3. The van der Waals surface area contributed by atoms with Crippen LogP contribution in [0.15, 0.2) is 0 Å². The Kier molecular flexibility index (Phi) is 6.63. The van der Waals surface area contributed by atoms with Crippen molar-refractivity contribution in [3.8, 4) is 0 Å². The van der Waals surface area contributed by atoms with Crippen molar-refractivity contribution in [3.05, 3.63) is 0 Å². The molecule has 0 aliphatic heterocycles. The average Bonchev–Trinajstić information content (AvgIpc) is 2.22. The Morgan fingerprint density at radius 2 is 1.36 bits per heavy atom. The maximum atomic E-state index is 10.4. The lowest BCUT2D eigenvalue weighted by Crippen LogP contribution is -2.26. The predicted molar refractivity (Wildman–Crippen MR) is 42.1 cm³/mol. The minimum Gasteiger partial charge on any atom is -0.461 e. The van der Waals surface area contributed by atoms with E-state index in [9.17, 15) is 9.59 Å². The highest BCUT2D eigenvalue weighted by atomic mass is 16.6. The van der Waals surface area contributed by atoms with Crippen LogP contribution in [0, 0.1) is 0 Å². The Morgan fingerprint density at radius 3 is 1.64 bits per heavy atom. The summed E-state index contributed by atoms with van der Waals surface area (Å²) in [6, 6.07) is 0. The van der Waals surface area contributed by atoms with E-state index in [0.29, 0.717) is 0 Å². The van der Waals surface area contributed by atoms with Gasteiger partial charge in [0.1, 0.15) is 32.5 Å². The summed E-state index contributed by atoms with van der Waals surface area (Å²) in [6.07, 6.45) is -1.17. The van der Waals surface area contributed by atoms with Gasteiger partial charge in [0, 0.05) is 0 Å². The number of hydrogen-bond donors (Lipinski definition) is 3. The van der Waals surface area contributed by atoms with Gasteiger partial charge in [-0.15, -0.1) is 0 Å². The van der Waals surface area contributed by atoms with Gasteiger partial charge in [-0.05, 0) is 0 Å². The zero-order valence-corrected chi connectivity index (χ0v) is 7.38. The van der Waals surface area contributed by atoms with Crippen molar-refractivity contribution < 1.29 is 34.4 Å². The minimum absolute atomic E-state index is 0.377. The zero-order valence-electron chi connectivity index (χ0n) is 7.38. The molecular formula is C7H12O7. The number of hydrogen-bond acceptors (Lipinski definition) is 7. The van der Waals surface area contributed by atoms with Gasteiger partial charge in [-0.3, -0.25) is 0 Å². The Labute approximate surface area is 79.9 Å². The highest BCUT2D eigenvalue weighted by molar-refractivity contribution is 5.70. The molecule has 14 heavy (non-hydrogen) atoms. The molecule has 0 aliphatic carbocycles. The molecule has 0 atom stereocenters. The molecule has 0 aromatic carbocycles. The van der Waals surface area contributed by atoms with Crippen molar-refractivity contribution >= 4 is 11.9 Å². The van der Waals surface area contributed by atoms with Crippen LogP contribution in [-0.2, 0) is 19.1 Å². The van der Waals surface area contributed by atoms with Crippen LogP contribution in [0.4, 0.5) is 0 Å². The van der Waals surface area contributed by atoms with Gasteiger partial charge in [0.25, 0.3) is 0 Å². The Morgan fingerprint density at radius 1 is 1.00 bits per heavy atom. The smallest absolute Gasteiger partial charge is 0.331 e. The lowest BCUT2D eigenvalue weighted by molar-refractivity contribution is -0.155. The molecule has 0 spiro atoms. The highest BCUT2D eigenvalue weighted by Gasteiger charge is 2.10. The van der Waals surface area contributed by atoms with Gasteiger partial charge < -0.3 is 24.8 Å². The van der Waals surface area contributed by atoms with Crippen molar-refractivity contribution in [3.63, 3.8) is 0 Å². The van der Waals surface area contributed by atoms with E-state index in [1.165, 1.54) is 0 Å². The first-order valence-corrected chi connectivity index (χ1v) is 3.81. The molecule has 0 radical (unpaired) electrons. The molecule has 0 aromatic heterocycles. The molecule has 0 heterocycles. The second-order valence-electron chi connectivity index (χ2n) is 2.34. The monoisotopic (exact) mass is 208 g/mol. The van der Waals surface area contributed by atoms with Crippen molar-refractivity contribution in [1.29, 1.82) is 0 Å². The third-order valence-electron chi connectivity index (χ3n) is 1.13. The lowest BCUT2D eigenvalue weighted by Gasteiger charge is -2.10. The minimum atomic E-state index is -1.17. The van der Waals surface area contributed by atoms with E-state index >= 15 is 0 Å². The Balaban J connectivity index is 3.50. The summed E-state index contributed by atoms with van der Waals surface area (Å²) in [5.41, 5.74) is 0. The van der Waals surface area contributed by atoms with E-state index in [1.807, 2.05) is 0 Å². The molecule has 3 N–H and O–H groups in total. The first-order chi connectivity index (χ1) is 6.60. The molecule has 7 nitrogen and oxygen atoms in total.